The number of nitrogens with one attached hydrogen (secondary N) is 1. The van der Waals surface area contributed by atoms with Gasteiger partial charge in [-0.3, -0.25) is 4.79 Å². The molecular formula is C14H12NNaO4. The van der Waals surface area contributed by atoms with E-state index in [1.807, 2.05) is 30.3 Å². The van der Waals surface area contributed by atoms with Crippen LogP contribution in [0.1, 0.15) is 17.9 Å². The van der Waals surface area contributed by atoms with E-state index in [1.165, 1.54) is 5.56 Å². The Morgan fingerprint density at radius 1 is 1.30 bits per heavy atom. The summed E-state index contributed by atoms with van der Waals surface area (Å²) in [5.41, 5.74) is 0.818. The number of benzene rings is 1. The van der Waals surface area contributed by atoms with Crippen molar-refractivity contribution in [3.63, 3.8) is 0 Å². The molecule has 0 aromatic heterocycles. The van der Waals surface area contributed by atoms with Crippen molar-refractivity contribution < 1.29 is 49.0 Å². The summed E-state index contributed by atoms with van der Waals surface area (Å²) in [5, 5.41) is 13.8. The zero-order chi connectivity index (χ0) is 13.4. The minimum absolute atomic E-state index is 0. The Hall–Kier alpha value is -1.30. The van der Waals surface area contributed by atoms with E-state index in [2.05, 4.69) is 5.32 Å². The number of Topliss-reactive ketones (excluding diaryl/α,β-unsaturated/α-hetero) is 1. The summed E-state index contributed by atoms with van der Waals surface area (Å²) in [4.78, 5) is 22.2. The molecule has 0 unspecified atom stereocenters. The largest absolute Gasteiger partial charge is 1.00 e. The monoisotopic (exact) mass is 281 g/mol. The Labute approximate surface area is 138 Å². The molecule has 98 valence electrons. The van der Waals surface area contributed by atoms with E-state index in [-0.39, 0.29) is 53.7 Å². The quantitative estimate of drug-likeness (QED) is 0.462. The SMILES string of the molecule is O=C([O-])C1=C(N[C@@H]2C[C@H]2c2ccccc2)OCC1=O.[Na+]. The molecule has 1 aliphatic carbocycles. The van der Waals surface area contributed by atoms with Crippen LogP contribution in [0.2, 0.25) is 0 Å². The van der Waals surface area contributed by atoms with Crippen LogP contribution in [-0.4, -0.2) is 24.4 Å². The zero-order valence-corrected chi connectivity index (χ0v) is 13.1. The third-order valence-corrected chi connectivity index (χ3v) is 3.39. The van der Waals surface area contributed by atoms with Crippen LogP contribution in [0.15, 0.2) is 41.8 Å². The van der Waals surface area contributed by atoms with Gasteiger partial charge in [-0.05, 0) is 12.0 Å². The molecular weight excluding hydrogens is 269 g/mol. The molecule has 1 aromatic carbocycles. The second kappa shape index (κ2) is 5.99. The number of ketones is 1. The van der Waals surface area contributed by atoms with E-state index >= 15 is 0 Å². The van der Waals surface area contributed by atoms with Crippen molar-refractivity contribution in [1.29, 1.82) is 0 Å². The minimum Gasteiger partial charge on any atom is -0.544 e. The number of carboxylic acids is 1. The van der Waals surface area contributed by atoms with Crippen LogP contribution < -0.4 is 40.0 Å². The molecule has 20 heavy (non-hydrogen) atoms. The molecule has 2 atom stereocenters. The van der Waals surface area contributed by atoms with E-state index in [1.54, 1.807) is 0 Å². The predicted octanol–water partition coefficient (Wildman–Crippen LogP) is -3.30. The van der Waals surface area contributed by atoms with Gasteiger partial charge in [0.05, 0.1) is 5.97 Å². The molecule has 5 nitrogen and oxygen atoms in total. The molecule has 0 spiro atoms. The van der Waals surface area contributed by atoms with Gasteiger partial charge in [0, 0.05) is 12.0 Å². The normalized spacial score (nSPS) is 23.9. The Kier molecular flexibility index (Phi) is 4.52. The van der Waals surface area contributed by atoms with E-state index < -0.39 is 11.8 Å². The molecule has 3 rings (SSSR count). The van der Waals surface area contributed by atoms with Crippen LogP contribution >= 0.6 is 0 Å². The first-order valence-electron chi connectivity index (χ1n) is 6.10. The van der Waals surface area contributed by atoms with Gasteiger partial charge in [-0.15, -0.1) is 0 Å². The molecule has 1 N–H and O–H groups in total. The van der Waals surface area contributed by atoms with Crippen molar-refractivity contribution in [2.45, 2.75) is 18.4 Å². The zero-order valence-electron chi connectivity index (χ0n) is 11.1. The fourth-order valence-corrected chi connectivity index (χ4v) is 2.32. The summed E-state index contributed by atoms with van der Waals surface area (Å²) in [6.45, 7) is -0.228. The van der Waals surface area contributed by atoms with Crippen molar-refractivity contribution in [2.75, 3.05) is 6.61 Å². The van der Waals surface area contributed by atoms with Gasteiger partial charge >= 0.3 is 29.6 Å². The fourth-order valence-electron chi connectivity index (χ4n) is 2.32. The van der Waals surface area contributed by atoms with Crippen molar-refractivity contribution in [1.82, 2.24) is 5.32 Å². The van der Waals surface area contributed by atoms with Gasteiger partial charge in [0.1, 0.15) is 5.57 Å². The van der Waals surface area contributed by atoms with Crippen LogP contribution in [0.25, 0.3) is 0 Å². The molecule has 1 aliphatic heterocycles. The molecule has 2 aliphatic rings. The van der Waals surface area contributed by atoms with Crippen molar-refractivity contribution in [2.24, 2.45) is 0 Å². The van der Waals surface area contributed by atoms with Gasteiger partial charge in [0.2, 0.25) is 11.7 Å². The van der Waals surface area contributed by atoms with Crippen LogP contribution in [0.5, 0.6) is 0 Å². The first kappa shape index (κ1) is 15.1. The smallest absolute Gasteiger partial charge is 0.544 e. The Bertz CT molecular complexity index is 570. The summed E-state index contributed by atoms with van der Waals surface area (Å²) < 4.78 is 5.07. The average molecular weight is 281 g/mol. The first-order valence-corrected chi connectivity index (χ1v) is 6.10. The van der Waals surface area contributed by atoms with Gasteiger partial charge in [-0.2, -0.15) is 0 Å². The maximum Gasteiger partial charge on any atom is 1.00 e. The molecule has 0 bridgehead atoms. The predicted molar refractivity (Wildman–Crippen MR) is 63.7 cm³/mol. The molecule has 6 heteroatoms. The maximum absolute atomic E-state index is 11.3. The summed E-state index contributed by atoms with van der Waals surface area (Å²) in [7, 11) is 0. The van der Waals surface area contributed by atoms with Crippen LogP contribution in [0.3, 0.4) is 0 Å². The number of carbonyl (C=O) groups excluding carboxylic acids is 2. The third kappa shape index (κ3) is 2.90. The van der Waals surface area contributed by atoms with Gasteiger partial charge in [-0.25, -0.2) is 0 Å². The minimum atomic E-state index is -1.48. The van der Waals surface area contributed by atoms with Gasteiger partial charge in [0.25, 0.3) is 0 Å². The Balaban J connectivity index is 0.00000147. The molecule has 0 saturated heterocycles. The van der Waals surface area contributed by atoms with Gasteiger partial charge in [-0.1, -0.05) is 30.3 Å². The van der Waals surface area contributed by atoms with E-state index in [0.717, 1.165) is 6.42 Å². The standard InChI is InChI=1S/C14H13NO4.Na/c16-11-7-19-13(12(11)14(17)18)15-10-6-9(10)8-4-2-1-3-5-8;/h1-5,9-10,15H,6-7H2,(H,17,18);/q;+1/p-1/t9-,10+;/m0./s1. The maximum atomic E-state index is 11.3. The Morgan fingerprint density at radius 2 is 2.00 bits per heavy atom. The fraction of sp³-hybridized carbons (Fsp3) is 0.286. The molecule has 0 radical (unpaired) electrons. The van der Waals surface area contributed by atoms with Crippen LogP contribution in [0.4, 0.5) is 0 Å². The molecule has 1 fully saturated rings. The van der Waals surface area contributed by atoms with Crippen molar-refractivity contribution in [3.05, 3.63) is 47.4 Å². The van der Waals surface area contributed by atoms with Crippen LogP contribution in [0, 0.1) is 0 Å². The molecule has 1 saturated carbocycles. The molecule has 0 amide bonds. The number of carbonyl (C=O) groups is 2. The second-order valence-corrected chi connectivity index (χ2v) is 4.71. The summed E-state index contributed by atoms with van der Waals surface area (Å²) in [5.74, 6) is -1.65. The average Bonchev–Trinajstić information content (AvgIpc) is 3.06. The summed E-state index contributed by atoms with van der Waals surface area (Å²) in [6.07, 6.45) is 0.894. The van der Waals surface area contributed by atoms with Crippen LogP contribution in [-0.2, 0) is 14.3 Å². The second-order valence-electron chi connectivity index (χ2n) is 4.71. The third-order valence-electron chi connectivity index (χ3n) is 3.39. The molecule has 1 heterocycles. The molecule has 1 aromatic rings. The van der Waals surface area contributed by atoms with E-state index in [9.17, 15) is 14.7 Å². The number of carboxylic acid groups (broad SMARTS) is 1. The van der Waals surface area contributed by atoms with Crippen molar-refractivity contribution in [3.8, 4) is 0 Å². The van der Waals surface area contributed by atoms with Gasteiger partial charge in [0.15, 0.2) is 6.61 Å². The van der Waals surface area contributed by atoms with Gasteiger partial charge < -0.3 is 20.0 Å². The summed E-state index contributed by atoms with van der Waals surface area (Å²) >= 11 is 0. The van der Waals surface area contributed by atoms with Crippen molar-refractivity contribution >= 4 is 11.8 Å². The van der Waals surface area contributed by atoms with E-state index in [0.29, 0.717) is 5.92 Å². The Morgan fingerprint density at radius 3 is 2.65 bits per heavy atom. The number of aliphatic carboxylic acids is 1. The summed E-state index contributed by atoms with van der Waals surface area (Å²) in [6, 6.07) is 10.0. The number of hydrogen-bond donors (Lipinski definition) is 1. The van der Waals surface area contributed by atoms with E-state index in [4.69, 9.17) is 4.74 Å². The topological polar surface area (TPSA) is 78.5 Å². The first-order chi connectivity index (χ1) is 9.16. The number of hydrogen-bond acceptors (Lipinski definition) is 5. The number of ether oxygens (including phenoxy) is 1. The number of rotatable bonds is 4.